The van der Waals surface area contributed by atoms with Crippen LogP contribution in [0.3, 0.4) is 0 Å². The first-order chi connectivity index (χ1) is 15.9. The molecular weight excluding hydrogens is 436 g/mol. The monoisotopic (exact) mass is 462 g/mol. The van der Waals surface area contributed by atoms with Crippen molar-refractivity contribution in [2.75, 3.05) is 31.1 Å². The maximum absolute atomic E-state index is 13.1. The highest BCUT2D eigenvalue weighted by Crippen LogP contribution is 2.33. The number of aryl methyl sites for hydroxylation is 1. The van der Waals surface area contributed by atoms with Gasteiger partial charge in [-0.25, -0.2) is 0 Å². The van der Waals surface area contributed by atoms with Gasteiger partial charge in [-0.05, 0) is 54.8 Å². The summed E-state index contributed by atoms with van der Waals surface area (Å²) in [6.45, 7) is 6.85. The number of hydrogen-bond acceptors (Lipinski definition) is 6. The van der Waals surface area contributed by atoms with Crippen molar-refractivity contribution in [1.29, 1.82) is 0 Å². The smallest absolute Gasteiger partial charge is 0.283 e. The molecule has 1 aromatic heterocycles. The predicted molar refractivity (Wildman–Crippen MR) is 131 cm³/mol. The van der Waals surface area contributed by atoms with E-state index in [0.717, 1.165) is 18.7 Å². The standard InChI is InChI=1S/C25H26N4O3S/c1-18-5-3-7-22(19(18)2)27-11-13-28(14-12-27)25(30)21-8-9-24(23(15-21)29(31)32)33-17-20-6-4-10-26-16-20/h3-10,15-16H,11-14,17H2,1-2H3. The Labute approximate surface area is 197 Å². The van der Waals surface area contributed by atoms with Crippen molar-refractivity contribution in [1.82, 2.24) is 9.88 Å². The third-order valence-corrected chi connectivity index (χ3v) is 7.14. The summed E-state index contributed by atoms with van der Waals surface area (Å²) in [6.07, 6.45) is 3.44. The number of piperazine rings is 1. The first-order valence-corrected chi connectivity index (χ1v) is 11.8. The van der Waals surface area contributed by atoms with Crippen LogP contribution in [0.2, 0.25) is 0 Å². The Morgan fingerprint density at radius 2 is 1.88 bits per heavy atom. The Hall–Kier alpha value is -3.39. The number of amides is 1. The van der Waals surface area contributed by atoms with Crippen molar-refractivity contribution in [3.05, 3.63) is 93.3 Å². The van der Waals surface area contributed by atoms with Gasteiger partial charge in [0.05, 0.1) is 9.82 Å². The van der Waals surface area contributed by atoms with Crippen molar-refractivity contribution in [3.63, 3.8) is 0 Å². The molecule has 4 rings (SSSR count). The minimum Gasteiger partial charge on any atom is -0.368 e. The van der Waals surface area contributed by atoms with Crippen molar-refractivity contribution < 1.29 is 9.72 Å². The Morgan fingerprint density at radius 3 is 2.58 bits per heavy atom. The fourth-order valence-corrected chi connectivity index (χ4v) is 4.91. The van der Waals surface area contributed by atoms with Gasteiger partial charge in [0.1, 0.15) is 0 Å². The highest BCUT2D eigenvalue weighted by molar-refractivity contribution is 7.98. The zero-order chi connectivity index (χ0) is 23.4. The van der Waals surface area contributed by atoms with Gasteiger partial charge in [0.2, 0.25) is 0 Å². The minimum absolute atomic E-state index is 0.0382. The van der Waals surface area contributed by atoms with Crippen molar-refractivity contribution in [2.45, 2.75) is 24.5 Å². The van der Waals surface area contributed by atoms with E-state index in [9.17, 15) is 14.9 Å². The molecule has 7 nitrogen and oxygen atoms in total. The molecule has 1 fully saturated rings. The number of anilines is 1. The molecule has 3 aromatic rings. The molecular formula is C25H26N4O3S. The number of benzene rings is 2. The lowest BCUT2D eigenvalue weighted by Gasteiger charge is -2.37. The molecule has 1 aliphatic rings. The van der Waals surface area contributed by atoms with Crippen molar-refractivity contribution in [2.24, 2.45) is 0 Å². The Kier molecular flexibility index (Phi) is 6.93. The van der Waals surface area contributed by atoms with E-state index in [-0.39, 0.29) is 11.6 Å². The molecule has 0 unspecified atom stereocenters. The zero-order valence-corrected chi connectivity index (χ0v) is 19.5. The second-order valence-corrected chi connectivity index (χ2v) is 9.11. The second-order valence-electron chi connectivity index (χ2n) is 8.09. The number of aromatic nitrogens is 1. The van der Waals surface area contributed by atoms with E-state index >= 15 is 0 Å². The van der Waals surface area contributed by atoms with Gasteiger partial charge in [-0.15, -0.1) is 11.8 Å². The van der Waals surface area contributed by atoms with Gasteiger partial charge in [-0.1, -0.05) is 18.2 Å². The highest BCUT2D eigenvalue weighted by Gasteiger charge is 2.25. The SMILES string of the molecule is Cc1cccc(N2CCN(C(=O)c3ccc(SCc4cccnc4)c([N+](=O)[O-])c3)CC2)c1C. The fraction of sp³-hybridized carbons (Fsp3) is 0.280. The molecule has 0 bridgehead atoms. The van der Waals surface area contributed by atoms with E-state index in [1.54, 1.807) is 29.4 Å². The number of nitrogens with zero attached hydrogens (tertiary/aromatic N) is 4. The predicted octanol–water partition coefficient (Wildman–Crippen LogP) is 4.86. The normalized spacial score (nSPS) is 13.8. The average molecular weight is 463 g/mol. The molecule has 1 aliphatic heterocycles. The molecule has 8 heteroatoms. The Balaban J connectivity index is 1.44. The van der Waals surface area contributed by atoms with E-state index in [0.29, 0.717) is 29.3 Å². The first kappa shape index (κ1) is 22.8. The fourth-order valence-electron chi connectivity index (χ4n) is 3.97. The lowest BCUT2D eigenvalue weighted by Crippen LogP contribution is -2.49. The summed E-state index contributed by atoms with van der Waals surface area (Å²) in [5, 5.41) is 11.7. The van der Waals surface area contributed by atoms with Crippen LogP contribution in [0.15, 0.2) is 65.8 Å². The maximum Gasteiger partial charge on any atom is 0.283 e. The number of carbonyl (C=O) groups is 1. The van der Waals surface area contributed by atoms with Crippen LogP contribution in [-0.4, -0.2) is 46.9 Å². The van der Waals surface area contributed by atoms with Gasteiger partial charge in [0.25, 0.3) is 11.6 Å². The average Bonchev–Trinajstić information content (AvgIpc) is 2.84. The Bertz CT molecular complexity index is 1160. The Morgan fingerprint density at radius 1 is 1.09 bits per heavy atom. The van der Waals surface area contributed by atoms with Crippen LogP contribution >= 0.6 is 11.8 Å². The summed E-state index contributed by atoms with van der Waals surface area (Å²) in [5.74, 6) is 0.407. The topological polar surface area (TPSA) is 79.6 Å². The summed E-state index contributed by atoms with van der Waals surface area (Å²) in [5.41, 5.74) is 5.01. The number of nitro groups is 1. The first-order valence-electron chi connectivity index (χ1n) is 10.8. The second kappa shape index (κ2) is 10.0. The van der Waals surface area contributed by atoms with Gasteiger partial charge < -0.3 is 9.80 Å². The van der Waals surface area contributed by atoms with Crippen LogP contribution in [0.25, 0.3) is 0 Å². The highest BCUT2D eigenvalue weighted by atomic mass is 32.2. The van der Waals surface area contributed by atoms with Gasteiger partial charge in [-0.2, -0.15) is 0 Å². The van der Waals surface area contributed by atoms with Crippen LogP contribution in [0.4, 0.5) is 11.4 Å². The van der Waals surface area contributed by atoms with Crippen LogP contribution in [0, 0.1) is 24.0 Å². The molecule has 0 spiro atoms. The van der Waals surface area contributed by atoms with Crippen LogP contribution in [0.1, 0.15) is 27.0 Å². The van der Waals surface area contributed by atoms with E-state index in [1.807, 2.05) is 12.1 Å². The molecule has 0 aliphatic carbocycles. The number of carbonyl (C=O) groups excluding carboxylic acids is 1. The molecule has 0 radical (unpaired) electrons. The van der Waals surface area contributed by atoms with E-state index < -0.39 is 4.92 Å². The molecule has 1 saturated heterocycles. The molecule has 2 aromatic carbocycles. The lowest BCUT2D eigenvalue weighted by molar-refractivity contribution is -0.387. The van der Waals surface area contributed by atoms with E-state index in [4.69, 9.17) is 0 Å². The summed E-state index contributed by atoms with van der Waals surface area (Å²) in [6, 6.07) is 14.8. The number of hydrogen-bond donors (Lipinski definition) is 0. The van der Waals surface area contributed by atoms with E-state index in [2.05, 4.69) is 41.9 Å². The van der Waals surface area contributed by atoms with Gasteiger partial charge in [-0.3, -0.25) is 19.9 Å². The van der Waals surface area contributed by atoms with Crippen molar-refractivity contribution >= 4 is 29.0 Å². The molecule has 33 heavy (non-hydrogen) atoms. The van der Waals surface area contributed by atoms with Crippen LogP contribution < -0.4 is 4.90 Å². The molecule has 170 valence electrons. The third-order valence-electron chi connectivity index (χ3n) is 6.00. The molecule has 0 saturated carbocycles. The van der Waals surface area contributed by atoms with Gasteiger partial charge in [0, 0.05) is 61.6 Å². The number of nitro benzene ring substituents is 1. The number of rotatable bonds is 6. The van der Waals surface area contributed by atoms with Crippen molar-refractivity contribution in [3.8, 4) is 0 Å². The van der Waals surface area contributed by atoms with Crippen LogP contribution in [0.5, 0.6) is 0 Å². The quantitative estimate of drug-likeness (QED) is 0.296. The largest absolute Gasteiger partial charge is 0.368 e. The summed E-state index contributed by atoms with van der Waals surface area (Å²) < 4.78 is 0. The van der Waals surface area contributed by atoms with Gasteiger partial charge >= 0.3 is 0 Å². The zero-order valence-electron chi connectivity index (χ0n) is 18.7. The minimum atomic E-state index is -0.416. The molecule has 0 N–H and O–H groups in total. The molecule has 0 atom stereocenters. The van der Waals surface area contributed by atoms with E-state index in [1.165, 1.54) is 34.6 Å². The summed E-state index contributed by atoms with van der Waals surface area (Å²) in [4.78, 5) is 33.1. The van der Waals surface area contributed by atoms with Crippen LogP contribution in [-0.2, 0) is 5.75 Å². The number of pyridine rings is 1. The van der Waals surface area contributed by atoms with Gasteiger partial charge in [0.15, 0.2) is 0 Å². The summed E-state index contributed by atoms with van der Waals surface area (Å²) in [7, 11) is 0. The third kappa shape index (κ3) is 5.17. The summed E-state index contributed by atoms with van der Waals surface area (Å²) >= 11 is 1.37. The molecule has 1 amide bonds. The number of thioether (sulfide) groups is 1. The lowest BCUT2D eigenvalue weighted by atomic mass is 10.1. The maximum atomic E-state index is 13.1. The molecule has 2 heterocycles.